The highest BCUT2D eigenvalue weighted by molar-refractivity contribution is 6.63. The van der Waals surface area contributed by atoms with Crippen LogP contribution >= 0.6 is 11.6 Å². The molecule has 4 aromatic rings. The van der Waals surface area contributed by atoms with Gasteiger partial charge in [0.15, 0.2) is 0 Å². The topological polar surface area (TPSA) is 162 Å². The summed E-state index contributed by atoms with van der Waals surface area (Å²) in [6.07, 6.45) is 58.4. The molecule has 2 aromatic heterocycles. The summed E-state index contributed by atoms with van der Waals surface area (Å²) in [6, 6.07) is 19.7. The van der Waals surface area contributed by atoms with Crippen molar-refractivity contribution in [3.8, 4) is 0 Å². The number of nitrogens with zero attached hydrogens (tertiary/aromatic N) is 2. The van der Waals surface area contributed by atoms with Crippen molar-refractivity contribution >= 4 is 51.6 Å². The summed E-state index contributed by atoms with van der Waals surface area (Å²) in [5, 5.41) is 6.01. The van der Waals surface area contributed by atoms with Crippen molar-refractivity contribution in [2.75, 3.05) is 27.8 Å². The number of nitrogen functional groups attached to an aromatic ring is 3. The summed E-state index contributed by atoms with van der Waals surface area (Å²) in [6.45, 7) is 5.36. The first-order valence-corrected chi connectivity index (χ1v) is 27.3. The van der Waals surface area contributed by atoms with Gasteiger partial charge in [-0.25, -0.2) is 18.7 Å². The standard InChI is InChI=1S/C33H42FN3O.C20H29ClO.C12H13FN4/c1-2-3-4-5-6-7-8-9-10-11-12-13-14-15-16-17-18-19-31(38)26-29-22-25-32(37-33(29)35)36-27-28-20-23-30(34)24-21-28;1-2-3-4-5-6-7-8-9-10-11-12-13-14-15-16-17-18-19-20(21)22;13-9-3-1-8(2-4-9)7-16-11-6-5-10(14)12(15)17-11/h3-4,6-7,9-10,12-13,15-16,20-25H,2,5,8,11,14,17-19,26-27H2,1H3,(H3,35,36,37);3-4,6-7,9-10,12-13,15-16H,2,5,8,11,14,17-19H2,1H3;1-6H,7,14H2,(H3,15,16,17)/b2*4-3-,7-6-,10-9-,13-12-,16-15-;. The van der Waals surface area contributed by atoms with Crippen LogP contribution in [0.4, 0.5) is 37.7 Å². The van der Waals surface area contributed by atoms with Crippen LogP contribution in [0, 0.1) is 11.6 Å². The summed E-state index contributed by atoms with van der Waals surface area (Å²) >= 11 is 5.26. The molecular formula is C65H84ClF2N7O2. The lowest BCUT2D eigenvalue weighted by Crippen LogP contribution is -2.08. The van der Waals surface area contributed by atoms with Crippen LogP contribution < -0.4 is 27.8 Å². The molecule has 0 unspecified atom stereocenters. The maximum absolute atomic E-state index is 13.0. The summed E-state index contributed by atoms with van der Waals surface area (Å²) in [7, 11) is 0. The molecule has 4 rings (SSSR count). The second-order valence-corrected chi connectivity index (χ2v) is 18.1. The van der Waals surface area contributed by atoms with Crippen LogP contribution in [0.5, 0.6) is 0 Å². The Balaban J connectivity index is 0.000000437. The number of unbranched alkanes of at least 4 members (excludes halogenated alkanes) is 2. The number of hydrogen-bond acceptors (Lipinski definition) is 9. The molecule has 0 radical (unpaired) electrons. The number of anilines is 5. The van der Waals surface area contributed by atoms with E-state index in [2.05, 4.69) is 156 Å². The van der Waals surface area contributed by atoms with Crippen molar-refractivity contribution in [3.63, 3.8) is 0 Å². The molecule has 0 fully saturated rings. The van der Waals surface area contributed by atoms with Gasteiger partial charge in [-0.3, -0.25) is 9.59 Å². The van der Waals surface area contributed by atoms with E-state index in [1.54, 1.807) is 36.4 Å². The minimum absolute atomic E-state index is 0.165. The van der Waals surface area contributed by atoms with Crippen LogP contribution in [-0.2, 0) is 29.1 Å². The smallest absolute Gasteiger partial charge is 0.221 e. The number of Topliss-reactive ketones (excluding diaryl/α,β-unsaturated/α-hetero) is 1. The normalized spacial score (nSPS) is 11.9. The first-order chi connectivity index (χ1) is 37.5. The van der Waals surface area contributed by atoms with Gasteiger partial charge >= 0.3 is 0 Å². The summed E-state index contributed by atoms with van der Waals surface area (Å²) < 4.78 is 25.7. The molecule has 0 atom stereocenters. The largest absolute Gasteiger partial charge is 0.396 e. The minimum Gasteiger partial charge on any atom is -0.396 e. The van der Waals surface area contributed by atoms with E-state index in [1.165, 1.54) is 24.3 Å². The van der Waals surface area contributed by atoms with Crippen molar-refractivity contribution in [1.29, 1.82) is 0 Å². The van der Waals surface area contributed by atoms with Gasteiger partial charge < -0.3 is 27.8 Å². The third kappa shape index (κ3) is 37.1. The number of allylic oxidation sites excluding steroid dienone is 20. The Morgan fingerprint density at radius 2 is 0.818 bits per heavy atom. The molecule has 8 N–H and O–H groups in total. The monoisotopic (exact) mass is 1070 g/mol. The highest BCUT2D eigenvalue weighted by Gasteiger charge is 2.09. The maximum Gasteiger partial charge on any atom is 0.221 e. The van der Waals surface area contributed by atoms with E-state index >= 15 is 0 Å². The molecule has 2 heterocycles. The Labute approximate surface area is 464 Å². The minimum atomic E-state index is -0.261. The van der Waals surface area contributed by atoms with Crippen LogP contribution in [0.1, 0.15) is 133 Å². The highest BCUT2D eigenvalue weighted by Crippen LogP contribution is 2.18. The zero-order valence-electron chi connectivity index (χ0n) is 45.5. The third-order valence-corrected chi connectivity index (χ3v) is 11.2. The molecule has 0 amide bonds. The van der Waals surface area contributed by atoms with Gasteiger partial charge in [-0.05, 0) is 155 Å². The number of aromatic nitrogens is 2. The molecule has 2 aromatic carbocycles. The van der Waals surface area contributed by atoms with Gasteiger partial charge in [0.2, 0.25) is 5.24 Å². The molecule has 0 aliphatic carbocycles. The highest BCUT2D eigenvalue weighted by atomic mass is 35.5. The summed E-state index contributed by atoms with van der Waals surface area (Å²) in [5.74, 6) is 1.58. The molecule has 9 nitrogen and oxygen atoms in total. The van der Waals surface area contributed by atoms with E-state index in [1.807, 2.05) is 12.1 Å². The van der Waals surface area contributed by atoms with E-state index in [0.717, 1.165) is 107 Å². The predicted octanol–water partition coefficient (Wildman–Crippen LogP) is 17.1. The van der Waals surface area contributed by atoms with Gasteiger partial charge in [0.1, 0.15) is 40.7 Å². The van der Waals surface area contributed by atoms with Crippen molar-refractivity contribution in [2.45, 2.75) is 136 Å². The molecule has 0 bridgehead atoms. The molecule has 0 saturated carbocycles. The fourth-order valence-corrected chi connectivity index (χ4v) is 6.87. The summed E-state index contributed by atoms with van der Waals surface area (Å²) in [4.78, 5) is 31.3. The number of nitrogens with two attached hydrogens (primary N) is 3. The number of nitrogens with one attached hydrogen (secondary N) is 2. The summed E-state index contributed by atoms with van der Waals surface area (Å²) in [5.41, 5.74) is 20.3. The Bertz CT molecular complexity index is 2540. The van der Waals surface area contributed by atoms with Crippen LogP contribution in [-0.4, -0.2) is 21.0 Å². The Hall–Kier alpha value is -7.37. The number of ketones is 1. The molecule has 412 valence electrons. The quantitative estimate of drug-likeness (QED) is 0.0174. The van der Waals surface area contributed by atoms with Gasteiger partial charge in [-0.15, -0.1) is 0 Å². The lowest BCUT2D eigenvalue weighted by molar-refractivity contribution is -0.118. The Kier molecular flexibility index (Phi) is 38.3. The number of benzene rings is 2. The van der Waals surface area contributed by atoms with E-state index in [4.69, 9.17) is 28.8 Å². The van der Waals surface area contributed by atoms with Gasteiger partial charge in [0.25, 0.3) is 0 Å². The fourth-order valence-electron chi connectivity index (χ4n) is 6.74. The Morgan fingerprint density at radius 3 is 1.18 bits per heavy atom. The van der Waals surface area contributed by atoms with E-state index in [0.29, 0.717) is 61.3 Å². The van der Waals surface area contributed by atoms with Gasteiger partial charge in [0.05, 0.1) is 5.69 Å². The molecule has 0 spiro atoms. The van der Waals surface area contributed by atoms with Crippen molar-refractivity contribution < 1.29 is 18.4 Å². The molecule has 77 heavy (non-hydrogen) atoms. The lowest BCUT2D eigenvalue weighted by Gasteiger charge is -2.09. The van der Waals surface area contributed by atoms with Crippen LogP contribution in [0.3, 0.4) is 0 Å². The second-order valence-electron chi connectivity index (χ2n) is 17.6. The van der Waals surface area contributed by atoms with Gasteiger partial charge in [-0.2, -0.15) is 0 Å². The number of pyridine rings is 2. The first kappa shape index (κ1) is 65.7. The van der Waals surface area contributed by atoms with Crippen LogP contribution in [0.25, 0.3) is 0 Å². The number of hydrogen-bond donors (Lipinski definition) is 5. The second kappa shape index (κ2) is 44.9. The lowest BCUT2D eigenvalue weighted by atomic mass is 10.1. The fraction of sp³-hybridized carbons (Fsp3) is 0.323. The average molecular weight is 1070 g/mol. The van der Waals surface area contributed by atoms with Crippen molar-refractivity contribution in [2.24, 2.45) is 0 Å². The average Bonchev–Trinajstić information content (AvgIpc) is 3.42. The van der Waals surface area contributed by atoms with E-state index in [9.17, 15) is 18.4 Å². The molecule has 0 aliphatic rings. The number of rotatable bonds is 34. The van der Waals surface area contributed by atoms with Gasteiger partial charge in [-0.1, -0.05) is 166 Å². The first-order valence-electron chi connectivity index (χ1n) is 26.9. The molecular weight excluding hydrogens is 984 g/mol. The molecule has 0 saturated heterocycles. The zero-order valence-corrected chi connectivity index (χ0v) is 46.2. The molecule has 0 aliphatic heterocycles. The maximum atomic E-state index is 13.0. The number of carbonyl (C=O) groups is 2. The van der Waals surface area contributed by atoms with Crippen molar-refractivity contribution in [3.05, 3.63) is 223 Å². The van der Waals surface area contributed by atoms with E-state index < -0.39 is 0 Å². The van der Waals surface area contributed by atoms with E-state index in [-0.39, 0.29) is 22.7 Å². The third-order valence-electron chi connectivity index (χ3n) is 11.0. The number of carbonyl (C=O) groups excluding carboxylic acids is 2. The number of halogens is 3. The SMILES string of the molecule is CC/C=C\C/C=C\C/C=C\C/C=C\C/C=C\CCCC(=O)Cc1ccc(NCc2ccc(F)cc2)nc1N.CC/C=C\C/C=C\C/C=C\C/C=C\C/C=C\CCCC(=O)Cl.Nc1ccc(NCc2ccc(F)cc2)nc1N. The van der Waals surface area contributed by atoms with Crippen LogP contribution in [0.2, 0.25) is 0 Å². The molecule has 12 heteroatoms. The predicted molar refractivity (Wildman–Crippen MR) is 325 cm³/mol. The van der Waals surface area contributed by atoms with Gasteiger partial charge in [0, 0.05) is 37.9 Å². The van der Waals surface area contributed by atoms with Crippen molar-refractivity contribution in [1.82, 2.24) is 9.97 Å². The zero-order chi connectivity index (χ0) is 55.8. The Morgan fingerprint density at radius 1 is 0.468 bits per heavy atom. The van der Waals surface area contributed by atoms with Crippen LogP contribution in [0.15, 0.2) is 194 Å².